The van der Waals surface area contributed by atoms with Gasteiger partial charge in [0.15, 0.2) is 5.82 Å². The fourth-order valence-electron chi connectivity index (χ4n) is 2.64. The molecule has 1 aliphatic heterocycles. The van der Waals surface area contributed by atoms with Gasteiger partial charge in [0, 0.05) is 27.8 Å². The number of halogens is 2. The Morgan fingerprint density at radius 1 is 1.48 bits per heavy atom. The van der Waals surface area contributed by atoms with E-state index >= 15 is 0 Å². The lowest BCUT2D eigenvalue weighted by atomic mass is 9.99. The minimum Gasteiger partial charge on any atom is -0.335 e. The number of aromatic nitrogens is 3. The number of hydrogen-bond donors (Lipinski definition) is 2. The zero-order valence-electron chi connectivity index (χ0n) is 11.7. The molecule has 1 aliphatic rings. The Kier molecular flexibility index (Phi) is 4.12. The number of rotatable bonds is 2. The predicted octanol–water partition coefficient (Wildman–Crippen LogP) is 2.53. The third-order valence-electron chi connectivity index (χ3n) is 3.96. The minimum absolute atomic E-state index is 0.145. The molecule has 112 valence electrons. The first-order valence-corrected chi connectivity index (χ1v) is 8.04. The van der Waals surface area contributed by atoms with E-state index in [0.29, 0.717) is 11.8 Å². The second-order valence-electron chi connectivity index (χ2n) is 5.35. The van der Waals surface area contributed by atoms with Crippen LogP contribution in [0.1, 0.15) is 19.8 Å². The number of nitrogens with one attached hydrogen (secondary N) is 1. The molecule has 2 atom stereocenters. The van der Waals surface area contributed by atoms with E-state index in [4.69, 9.17) is 5.73 Å². The van der Waals surface area contributed by atoms with Gasteiger partial charge in [-0.15, -0.1) is 5.10 Å². The SMILES string of the molecule is CC1C(N)CCCN1c1n[nH]c(-c2ccc(F)cc2I)n1. The van der Waals surface area contributed by atoms with Gasteiger partial charge in [0.25, 0.3) is 0 Å². The van der Waals surface area contributed by atoms with Crippen LogP contribution in [0.2, 0.25) is 0 Å². The predicted molar refractivity (Wildman–Crippen MR) is 88.5 cm³/mol. The summed E-state index contributed by atoms with van der Waals surface area (Å²) in [6, 6.07) is 4.99. The number of H-pyrrole nitrogens is 1. The van der Waals surface area contributed by atoms with E-state index in [1.54, 1.807) is 6.07 Å². The number of nitrogens with zero attached hydrogens (tertiary/aromatic N) is 3. The Balaban J connectivity index is 1.89. The highest BCUT2D eigenvalue weighted by Crippen LogP contribution is 2.26. The van der Waals surface area contributed by atoms with E-state index in [1.807, 2.05) is 0 Å². The van der Waals surface area contributed by atoms with Gasteiger partial charge in [-0.05, 0) is 60.6 Å². The van der Waals surface area contributed by atoms with Crippen LogP contribution in [0.4, 0.5) is 10.3 Å². The molecule has 5 nitrogen and oxygen atoms in total. The van der Waals surface area contributed by atoms with Crippen LogP contribution < -0.4 is 10.6 Å². The minimum atomic E-state index is -0.251. The maximum Gasteiger partial charge on any atom is 0.245 e. The lowest BCUT2D eigenvalue weighted by Gasteiger charge is -2.36. The smallest absolute Gasteiger partial charge is 0.245 e. The van der Waals surface area contributed by atoms with Crippen molar-refractivity contribution in [3.63, 3.8) is 0 Å². The fraction of sp³-hybridized carbons (Fsp3) is 0.429. The second-order valence-corrected chi connectivity index (χ2v) is 6.51. The highest BCUT2D eigenvalue weighted by Gasteiger charge is 2.28. The lowest BCUT2D eigenvalue weighted by molar-refractivity contribution is 0.416. The number of benzene rings is 1. The average molecular weight is 401 g/mol. The molecule has 0 radical (unpaired) electrons. The average Bonchev–Trinajstić information content (AvgIpc) is 2.91. The molecule has 0 amide bonds. The summed E-state index contributed by atoms with van der Waals surface area (Å²) in [6.07, 6.45) is 2.08. The highest BCUT2D eigenvalue weighted by atomic mass is 127. The molecule has 2 heterocycles. The number of anilines is 1. The van der Waals surface area contributed by atoms with Crippen LogP contribution in [-0.2, 0) is 0 Å². The van der Waals surface area contributed by atoms with Gasteiger partial charge in [-0.25, -0.2) is 4.39 Å². The van der Waals surface area contributed by atoms with Gasteiger partial charge in [0.2, 0.25) is 5.95 Å². The first-order valence-electron chi connectivity index (χ1n) is 6.96. The molecule has 3 N–H and O–H groups in total. The molecule has 0 saturated carbocycles. The maximum absolute atomic E-state index is 13.2. The molecular formula is C14H17FIN5. The van der Waals surface area contributed by atoms with Crippen LogP contribution >= 0.6 is 22.6 Å². The zero-order valence-corrected chi connectivity index (χ0v) is 13.8. The van der Waals surface area contributed by atoms with E-state index < -0.39 is 0 Å². The summed E-state index contributed by atoms with van der Waals surface area (Å²) in [5, 5.41) is 7.25. The Hall–Kier alpha value is -1.22. The van der Waals surface area contributed by atoms with Crippen LogP contribution in [0, 0.1) is 9.39 Å². The zero-order chi connectivity index (χ0) is 15.0. The molecule has 0 spiro atoms. The summed E-state index contributed by atoms with van der Waals surface area (Å²) in [6.45, 7) is 3.01. The van der Waals surface area contributed by atoms with Crippen molar-refractivity contribution < 1.29 is 4.39 Å². The Morgan fingerprint density at radius 3 is 3.05 bits per heavy atom. The third-order valence-corrected chi connectivity index (χ3v) is 4.86. The monoisotopic (exact) mass is 401 g/mol. The fourth-order valence-corrected chi connectivity index (χ4v) is 3.37. The van der Waals surface area contributed by atoms with E-state index in [2.05, 4.69) is 49.6 Å². The normalized spacial score (nSPS) is 22.6. The Bertz CT molecular complexity index is 644. The summed E-state index contributed by atoms with van der Waals surface area (Å²) < 4.78 is 14.0. The largest absolute Gasteiger partial charge is 0.335 e. The molecule has 2 unspecified atom stereocenters. The first-order chi connectivity index (χ1) is 10.1. The van der Waals surface area contributed by atoms with E-state index in [0.717, 1.165) is 28.5 Å². The van der Waals surface area contributed by atoms with Crippen molar-refractivity contribution in [2.75, 3.05) is 11.4 Å². The van der Waals surface area contributed by atoms with Crippen molar-refractivity contribution in [2.24, 2.45) is 5.73 Å². The van der Waals surface area contributed by atoms with Crippen molar-refractivity contribution in [3.05, 3.63) is 27.6 Å². The van der Waals surface area contributed by atoms with Crippen LogP contribution in [0.5, 0.6) is 0 Å². The van der Waals surface area contributed by atoms with Gasteiger partial charge in [-0.3, -0.25) is 5.10 Å². The molecule has 7 heteroatoms. The van der Waals surface area contributed by atoms with Gasteiger partial charge >= 0.3 is 0 Å². The van der Waals surface area contributed by atoms with Crippen molar-refractivity contribution in [2.45, 2.75) is 31.8 Å². The molecule has 1 fully saturated rings. The van der Waals surface area contributed by atoms with Crippen LogP contribution in [0.25, 0.3) is 11.4 Å². The Labute approximate surface area is 136 Å². The number of hydrogen-bond acceptors (Lipinski definition) is 4. The number of aromatic amines is 1. The second kappa shape index (κ2) is 5.88. The van der Waals surface area contributed by atoms with Crippen LogP contribution in [0.15, 0.2) is 18.2 Å². The molecule has 3 rings (SSSR count). The van der Waals surface area contributed by atoms with Crippen molar-refractivity contribution in [3.8, 4) is 11.4 Å². The number of piperidine rings is 1. The molecule has 1 aromatic heterocycles. The van der Waals surface area contributed by atoms with Crippen molar-refractivity contribution in [1.82, 2.24) is 15.2 Å². The van der Waals surface area contributed by atoms with E-state index in [-0.39, 0.29) is 17.9 Å². The molecule has 1 saturated heterocycles. The van der Waals surface area contributed by atoms with Crippen LogP contribution in [0.3, 0.4) is 0 Å². The van der Waals surface area contributed by atoms with Crippen molar-refractivity contribution >= 4 is 28.5 Å². The summed E-state index contributed by atoms with van der Waals surface area (Å²) in [7, 11) is 0. The quantitative estimate of drug-likeness (QED) is 0.759. The van der Waals surface area contributed by atoms with Gasteiger partial charge in [0.05, 0.1) is 0 Å². The number of nitrogens with two attached hydrogens (primary N) is 1. The topological polar surface area (TPSA) is 70.8 Å². The lowest BCUT2D eigenvalue weighted by Crippen LogP contribution is -2.50. The molecule has 0 bridgehead atoms. The summed E-state index contributed by atoms with van der Waals surface area (Å²) in [5.74, 6) is 1.06. The molecule has 1 aromatic carbocycles. The molecule has 0 aliphatic carbocycles. The summed E-state index contributed by atoms with van der Waals surface area (Å²) in [4.78, 5) is 6.69. The van der Waals surface area contributed by atoms with E-state index in [1.165, 1.54) is 12.1 Å². The summed E-state index contributed by atoms with van der Waals surface area (Å²) in [5.41, 5.74) is 6.97. The highest BCUT2D eigenvalue weighted by molar-refractivity contribution is 14.1. The standard InChI is InChI=1S/C14H17FIN5/c1-8-12(17)3-2-6-21(8)14-18-13(19-20-14)10-5-4-9(15)7-11(10)16/h4-5,7-8,12H,2-3,6,17H2,1H3,(H,18,19,20). The molecular weight excluding hydrogens is 384 g/mol. The van der Waals surface area contributed by atoms with Gasteiger partial charge in [0.1, 0.15) is 5.82 Å². The van der Waals surface area contributed by atoms with Gasteiger partial charge in [-0.2, -0.15) is 4.98 Å². The Morgan fingerprint density at radius 2 is 2.29 bits per heavy atom. The third kappa shape index (κ3) is 2.89. The molecule has 2 aromatic rings. The van der Waals surface area contributed by atoms with Crippen molar-refractivity contribution in [1.29, 1.82) is 0 Å². The van der Waals surface area contributed by atoms with Gasteiger partial charge < -0.3 is 10.6 Å². The molecule has 21 heavy (non-hydrogen) atoms. The van der Waals surface area contributed by atoms with Gasteiger partial charge in [-0.1, -0.05) is 0 Å². The maximum atomic E-state index is 13.2. The summed E-state index contributed by atoms with van der Waals surface area (Å²) >= 11 is 2.10. The van der Waals surface area contributed by atoms with Crippen LogP contribution in [-0.4, -0.2) is 33.8 Å². The van der Waals surface area contributed by atoms with E-state index in [9.17, 15) is 4.39 Å². The first kappa shape index (κ1) is 14.7.